The van der Waals surface area contributed by atoms with E-state index in [-0.39, 0.29) is 29.9 Å². The predicted octanol–water partition coefficient (Wildman–Crippen LogP) is 3.83. The third-order valence-electron chi connectivity index (χ3n) is 8.07. The number of hydrogen-bond donors (Lipinski definition) is 4. The minimum atomic E-state index is -4.88. The minimum absolute atomic E-state index is 0.106. The van der Waals surface area contributed by atoms with E-state index in [0.717, 1.165) is 6.20 Å². The number of anilines is 4. The molecule has 2 aliphatic rings. The fourth-order valence-corrected chi connectivity index (χ4v) is 5.57. The van der Waals surface area contributed by atoms with Gasteiger partial charge < -0.3 is 30.9 Å². The van der Waals surface area contributed by atoms with Crippen LogP contribution in [0.25, 0.3) is 5.57 Å². The average Bonchev–Trinajstić information content (AvgIpc) is 2.96. The van der Waals surface area contributed by atoms with Gasteiger partial charge in [0.2, 0.25) is 11.5 Å². The number of rotatable bonds is 6. The molecule has 0 saturated carbocycles. The van der Waals surface area contributed by atoms with E-state index in [4.69, 9.17) is 5.73 Å². The summed E-state index contributed by atoms with van der Waals surface area (Å²) in [7, 11) is 2.00. The summed E-state index contributed by atoms with van der Waals surface area (Å²) in [5.41, 5.74) is 4.86. The topological polar surface area (TPSA) is 127 Å². The van der Waals surface area contributed by atoms with Crippen LogP contribution in [-0.4, -0.2) is 70.3 Å². The van der Waals surface area contributed by atoms with E-state index in [2.05, 4.69) is 25.2 Å². The molecule has 4 heterocycles. The number of likely N-dealkylation sites (N-methyl/N-ethyl adjacent to an activating group) is 1. The summed E-state index contributed by atoms with van der Waals surface area (Å²) in [4.78, 5) is 28.5. The summed E-state index contributed by atoms with van der Waals surface area (Å²) in [6, 6.07) is 3.48. The molecular formula is C29H34F4N8O2. The first-order valence-electron chi connectivity index (χ1n) is 13.9. The maximum atomic E-state index is 15.9. The van der Waals surface area contributed by atoms with Gasteiger partial charge in [-0.3, -0.25) is 9.69 Å². The highest BCUT2D eigenvalue weighted by Crippen LogP contribution is 2.39. The summed E-state index contributed by atoms with van der Waals surface area (Å²) in [6.45, 7) is 6.00. The lowest BCUT2D eigenvalue weighted by atomic mass is 9.98. The molecule has 3 aromatic rings. The Labute approximate surface area is 245 Å². The summed E-state index contributed by atoms with van der Waals surface area (Å²) < 4.78 is 57.3. The van der Waals surface area contributed by atoms with Gasteiger partial charge in [0.15, 0.2) is 6.23 Å². The second kappa shape index (κ2) is 11.8. The van der Waals surface area contributed by atoms with Crippen molar-refractivity contribution in [3.05, 3.63) is 75.7 Å². The number of nitrogens with one attached hydrogen (secondary N) is 2. The number of halogens is 4. The number of aromatic amines is 1. The Morgan fingerprint density at radius 2 is 1.79 bits per heavy atom. The average molecular weight is 603 g/mol. The maximum Gasteiger partial charge on any atom is 0.417 e. The van der Waals surface area contributed by atoms with Gasteiger partial charge >= 0.3 is 6.18 Å². The van der Waals surface area contributed by atoms with Gasteiger partial charge in [-0.25, -0.2) is 14.4 Å². The number of aliphatic hydroxyl groups excluding tert-OH is 1. The number of nitrogens with zero attached hydrogens (tertiary/aromatic N) is 5. The van der Waals surface area contributed by atoms with E-state index in [1.165, 1.54) is 24.5 Å². The summed E-state index contributed by atoms with van der Waals surface area (Å²) >= 11 is 0. The van der Waals surface area contributed by atoms with E-state index in [0.29, 0.717) is 55.0 Å². The molecule has 3 atom stereocenters. The van der Waals surface area contributed by atoms with Crippen LogP contribution < -0.4 is 26.4 Å². The third kappa shape index (κ3) is 6.44. The molecule has 14 heteroatoms. The number of nitrogens with two attached hydrogens (primary N) is 1. The van der Waals surface area contributed by atoms with Crippen LogP contribution in [0.15, 0.2) is 47.7 Å². The van der Waals surface area contributed by atoms with Gasteiger partial charge in [-0.15, -0.1) is 0 Å². The van der Waals surface area contributed by atoms with Crippen molar-refractivity contribution in [3.8, 4) is 0 Å². The van der Waals surface area contributed by atoms with Crippen molar-refractivity contribution in [2.75, 3.05) is 54.1 Å². The van der Waals surface area contributed by atoms with Gasteiger partial charge in [-0.05, 0) is 45.0 Å². The molecule has 10 nitrogen and oxygen atoms in total. The number of piperazine rings is 1. The molecule has 0 bridgehead atoms. The lowest BCUT2D eigenvalue weighted by Crippen LogP contribution is -2.55. The largest absolute Gasteiger partial charge is 0.417 e. The first kappa shape index (κ1) is 30.3. The van der Waals surface area contributed by atoms with Crippen LogP contribution in [0.3, 0.4) is 0 Å². The monoisotopic (exact) mass is 602 g/mol. The standard InChI is InChI=1S/C29H34F4N8O2/c1-16-13-41(14-17(2)39(16)3)25-9-23(30)20(18-5-4-6-40(15-18)28-36-10-19(34)11-37-28)7-24(25)38-27(43)21-12-35-26(42)8-22(21)29(31,32)33/h5,7-12,16-17,27,38,43H,4,6,13-15,34H2,1-3H3,(H,35,42)/t16-,17+,27?. The van der Waals surface area contributed by atoms with Crippen LogP contribution in [0.2, 0.25) is 0 Å². The Hall–Kier alpha value is -4.17. The van der Waals surface area contributed by atoms with E-state index in [1.54, 1.807) is 0 Å². The van der Waals surface area contributed by atoms with Crippen molar-refractivity contribution in [2.24, 2.45) is 0 Å². The van der Waals surface area contributed by atoms with Crippen LogP contribution in [0.5, 0.6) is 0 Å². The van der Waals surface area contributed by atoms with Crippen molar-refractivity contribution in [2.45, 2.75) is 44.8 Å². The number of aliphatic hydroxyl groups is 1. The molecule has 1 aromatic carbocycles. The molecule has 0 spiro atoms. The van der Waals surface area contributed by atoms with E-state index >= 15 is 4.39 Å². The molecular weight excluding hydrogens is 568 g/mol. The maximum absolute atomic E-state index is 15.9. The summed E-state index contributed by atoms with van der Waals surface area (Å²) in [5, 5.41) is 13.8. The molecule has 0 amide bonds. The predicted molar refractivity (Wildman–Crippen MR) is 157 cm³/mol. The van der Waals surface area contributed by atoms with Crippen molar-refractivity contribution in [3.63, 3.8) is 0 Å². The number of nitrogen functional groups attached to an aromatic ring is 1. The molecule has 0 aliphatic carbocycles. The molecule has 5 rings (SSSR count). The molecule has 0 radical (unpaired) electrons. The highest BCUT2D eigenvalue weighted by molar-refractivity contribution is 5.80. The first-order chi connectivity index (χ1) is 20.3. The van der Waals surface area contributed by atoms with E-state index in [9.17, 15) is 23.1 Å². The van der Waals surface area contributed by atoms with Crippen LogP contribution in [0, 0.1) is 5.82 Å². The smallest absolute Gasteiger partial charge is 0.396 e. The minimum Gasteiger partial charge on any atom is -0.396 e. The van der Waals surface area contributed by atoms with Crippen LogP contribution >= 0.6 is 0 Å². The van der Waals surface area contributed by atoms with E-state index < -0.39 is 34.9 Å². The molecule has 2 aliphatic heterocycles. The van der Waals surface area contributed by atoms with Gasteiger partial charge in [-0.2, -0.15) is 13.2 Å². The molecule has 43 heavy (non-hydrogen) atoms. The molecule has 2 aromatic heterocycles. The zero-order valence-corrected chi connectivity index (χ0v) is 24.0. The Morgan fingerprint density at radius 1 is 1.12 bits per heavy atom. The summed E-state index contributed by atoms with van der Waals surface area (Å²) in [5.74, 6) is -0.0793. The number of alkyl halides is 3. The second-order valence-corrected chi connectivity index (χ2v) is 11.1. The second-order valence-electron chi connectivity index (χ2n) is 11.1. The van der Waals surface area contributed by atoms with Crippen LogP contribution in [-0.2, 0) is 6.18 Å². The Kier molecular flexibility index (Phi) is 8.34. The van der Waals surface area contributed by atoms with Gasteiger partial charge in [0.25, 0.3) is 0 Å². The Morgan fingerprint density at radius 3 is 2.44 bits per heavy atom. The molecule has 1 fully saturated rings. The van der Waals surface area contributed by atoms with Gasteiger partial charge in [0.1, 0.15) is 5.82 Å². The lowest BCUT2D eigenvalue weighted by Gasteiger charge is -2.44. The Balaban J connectivity index is 1.54. The highest BCUT2D eigenvalue weighted by Gasteiger charge is 2.36. The number of benzene rings is 1. The van der Waals surface area contributed by atoms with Crippen LogP contribution in [0.4, 0.5) is 40.6 Å². The molecule has 5 N–H and O–H groups in total. The number of H-pyrrole nitrogens is 1. The molecule has 1 saturated heterocycles. The zero-order valence-electron chi connectivity index (χ0n) is 24.0. The van der Waals surface area contributed by atoms with Crippen molar-refractivity contribution < 1.29 is 22.7 Å². The van der Waals surface area contributed by atoms with Gasteiger partial charge in [0, 0.05) is 61.7 Å². The van der Waals surface area contributed by atoms with Crippen molar-refractivity contribution in [1.29, 1.82) is 0 Å². The normalized spacial score (nSPS) is 20.6. The third-order valence-corrected chi connectivity index (χ3v) is 8.07. The van der Waals surface area contributed by atoms with Gasteiger partial charge in [-0.1, -0.05) is 6.08 Å². The fraction of sp³-hybridized carbons (Fsp3) is 0.414. The molecule has 1 unspecified atom stereocenters. The lowest BCUT2D eigenvalue weighted by molar-refractivity contribution is -0.139. The number of aromatic nitrogens is 3. The zero-order chi connectivity index (χ0) is 31.1. The first-order valence-corrected chi connectivity index (χ1v) is 13.9. The highest BCUT2D eigenvalue weighted by atomic mass is 19.4. The van der Waals surface area contributed by atoms with Crippen LogP contribution in [0.1, 0.15) is 43.2 Å². The Bertz CT molecular complexity index is 1550. The number of pyridine rings is 1. The van der Waals surface area contributed by atoms with Crippen molar-refractivity contribution in [1.82, 2.24) is 19.9 Å². The quantitative estimate of drug-likeness (QED) is 0.246. The van der Waals surface area contributed by atoms with Crippen molar-refractivity contribution >= 4 is 28.6 Å². The summed E-state index contributed by atoms with van der Waals surface area (Å²) in [6.07, 6.45) is -0.460. The van der Waals surface area contributed by atoms with Gasteiger partial charge in [0.05, 0.1) is 35.0 Å². The number of hydrogen-bond acceptors (Lipinski definition) is 9. The van der Waals surface area contributed by atoms with E-state index in [1.807, 2.05) is 36.8 Å². The SMILES string of the molecule is C[C@@H]1CN(c2cc(F)c(C3=CCCN(c4ncc(N)cn4)C3)cc2NC(O)c2c[nH]c(=O)cc2C(F)(F)F)C[C@H](C)N1C. The molecule has 230 valence electrons. The fourth-order valence-electron chi connectivity index (χ4n) is 5.57.